The Bertz CT molecular complexity index is 566. The van der Waals surface area contributed by atoms with Gasteiger partial charge in [-0.3, -0.25) is 4.79 Å². The van der Waals surface area contributed by atoms with Crippen molar-refractivity contribution in [1.29, 1.82) is 0 Å². The van der Waals surface area contributed by atoms with Crippen LogP contribution in [0.1, 0.15) is 72.1 Å². The van der Waals surface area contributed by atoms with Gasteiger partial charge in [0.15, 0.2) is 5.78 Å². The van der Waals surface area contributed by atoms with E-state index in [1.54, 1.807) is 0 Å². The summed E-state index contributed by atoms with van der Waals surface area (Å²) >= 11 is 0. The van der Waals surface area contributed by atoms with Crippen LogP contribution in [0.3, 0.4) is 0 Å². The third-order valence-electron chi connectivity index (χ3n) is 9.07. The fourth-order valence-electron chi connectivity index (χ4n) is 7.67. The lowest BCUT2D eigenvalue weighted by Gasteiger charge is -2.60. The molecule has 2 heteroatoms. The maximum Gasteiger partial charge on any atom is 0.159 e. The summed E-state index contributed by atoms with van der Waals surface area (Å²) in [5.74, 6) is 3.62. The molecule has 0 heterocycles. The predicted molar refractivity (Wildman–Crippen MR) is 98.7 cm³/mol. The number of hydrogen-bond donors (Lipinski definition) is 1. The topological polar surface area (TPSA) is 29.1 Å². The molecule has 4 rings (SSSR count). The normalized spacial score (nSPS) is 52.8. The molecule has 4 aliphatic rings. The van der Waals surface area contributed by atoms with Crippen molar-refractivity contribution in [1.82, 2.24) is 5.32 Å². The number of Topliss-reactive ketones (excluding diaryl/α,β-unsaturated/α-hetero) is 1. The minimum atomic E-state index is 0.179. The molecule has 0 aliphatic heterocycles. The van der Waals surface area contributed by atoms with E-state index in [1.807, 2.05) is 0 Å². The summed E-state index contributed by atoms with van der Waals surface area (Å²) in [4.78, 5) is 12.6. The molecule has 0 spiro atoms. The molecule has 134 valence electrons. The van der Waals surface area contributed by atoms with E-state index in [0.29, 0.717) is 17.1 Å². The lowest BCUT2D eigenvalue weighted by atomic mass is 9.45. The van der Waals surface area contributed by atoms with Gasteiger partial charge in [-0.05, 0) is 99.0 Å². The SMILES string of the molecule is C/C=C1\C(=O)C[C@H]2[C@@H]3CC[C@H]4C[C@@H](NC)CC[C@]4(C)[C@H]3CC[C@]12C. The van der Waals surface area contributed by atoms with Gasteiger partial charge >= 0.3 is 0 Å². The maximum atomic E-state index is 12.6. The zero-order valence-corrected chi connectivity index (χ0v) is 16.0. The van der Waals surface area contributed by atoms with Gasteiger partial charge in [-0.15, -0.1) is 0 Å². The number of allylic oxidation sites excluding steroid dienone is 2. The lowest BCUT2D eigenvalue weighted by molar-refractivity contribution is -0.116. The third kappa shape index (κ3) is 2.14. The molecule has 0 unspecified atom stereocenters. The number of carbonyl (C=O) groups excluding carboxylic acids is 1. The standard InChI is InChI=1S/C22H35NO/c1-5-17-20(24)13-19-16-7-6-14-12-15(23-4)8-10-21(14,2)18(16)9-11-22(17,19)3/h5,14-16,18-19,23H,6-13H2,1-4H3/b17-5+/t14-,15-,16+,18-,19-,21-,22+/m0/s1. The molecule has 4 aliphatic carbocycles. The average molecular weight is 330 g/mol. The number of fused-ring (bicyclic) bond motifs is 5. The van der Waals surface area contributed by atoms with E-state index in [-0.39, 0.29) is 5.41 Å². The highest BCUT2D eigenvalue weighted by Crippen LogP contribution is 2.66. The first-order chi connectivity index (χ1) is 11.4. The van der Waals surface area contributed by atoms with Crippen LogP contribution in [-0.2, 0) is 4.79 Å². The van der Waals surface area contributed by atoms with Crippen molar-refractivity contribution in [3.63, 3.8) is 0 Å². The van der Waals surface area contributed by atoms with E-state index in [0.717, 1.165) is 35.8 Å². The minimum Gasteiger partial charge on any atom is -0.317 e. The molecule has 0 aromatic heterocycles. The Morgan fingerprint density at radius 3 is 2.58 bits per heavy atom. The number of ketones is 1. The van der Waals surface area contributed by atoms with Crippen LogP contribution in [0.25, 0.3) is 0 Å². The van der Waals surface area contributed by atoms with Crippen LogP contribution >= 0.6 is 0 Å². The Kier molecular flexibility index (Phi) is 3.99. The number of rotatable bonds is 1. The quantitative estimate of drug-likeness (QED) is 0.704. The monoisotopic (exact) mass is 329 g/mol. The molecule has 0 saturated heterocycles. The highest BCUT2D eigenvalue weighted by Gasteiger charge is 2.60. The van der Waals surface area contributed by atoms with Crippen LogP contribution in [0, 0.1) is 34.5 Å². The largest absolute Gasteiger partial charge is 0.317 e. The number of carbonyl (C=O) groups is 1. The first kappa shape index (κ1) is 16.8. The highest BCUT2D eigenvalue weighted by atomic mass is 16.1. The molecular formula is C22H35NO. The predicted octanol–water partition coefficient (Wildman–Crippen LogP) is 4.74. The van der Waals surface area contributed by atoms with E-state index < -0.39 is 0 Å². The van der Waals surface area contributed by atoms with Crippen molar-refractivity contribution >= 4 is 5.78 Å². The number of hydrogen-bond acceptors (Lipinski definition) is 2. The van der Waals surface area contributed by atoms with Gasteiger partial charge in [0.25, 0.3) is 0 Å². The van der Waals surface area contributed by atoms with Crippen LogP contribution in [0.15, 0.2) is 11.6 Å². The van der Waals surface area contributed by atoms with Crippen molar-refractivity contribution in [3.8, 4) is 0 Å². The Hall–Kier alpha value is -0.630. The second kappa shape index (κ2) is 5.69. The molecule has 0 bridgehead atoms. The van der Waals surface area contributed by atoms with Gasteiger partial charge in [-0.1, -0.05) is 19.9 Å². The lowest BCUT2D eigenvalue weighted by Crippen LogP contribution is -2.54. The summed E-state index contributed by atoms with van der Waals surface area (Å²) in [6.07, 6.45) is 12.4. The van der Waals surface area contributed by atoms with Gasteiger partial charge in [-0.2, -0.15) is 0 Å². The van der Waals surface area contributed by atoms with Gasteiger partial charge in [0.1, 0.15) is 0 Å². The van der Waals surface area contributed by atoms with Crippen molar-refractivity contribution < 1.29 is 4.79 Å². The molecule has 4 saturated carbocycles. The first-order valence-corrected chi connectivity index (χ1v) is 10.3. The third-order valence-corrected chi connectivity index (χ3v) is 9.07. The Morgan fingerprint density at radius 2 is 1.88 bits per heavy atom. The molecule has 0 aromatic rings. The molecule has 0 aromatic carbocycles. The highest BCUT2D eigenvalue weighted by molar-refractivity contribution is 5.99. The summed E-state index contributed by atoms with van der Waals surface area (Å²) in [6.45, 7) is 7.08. The van der Waals surface area contributed by atoms with E-state index in [9.17, 15) is 4.79 Å². The molecule has 24 heavy (non-hydrogen) atoms. The molecule has 4 fully saturated rings. The zero-order valence-electron chi connectivity index (χ0n) is 16.0. The Balaban J connectivity index is 1.63. The summed E-state index contributed by atoms with van der Waals surface area (Å²) in [6, 6.07) is 0.733. The zero-order chi connectivity index (χ0) is 17.1. The first-order valence-electron chi connectivity index (χ1n) is 10.3. The molecule has 1 N–H and O–H groups in total. The van der Waals surface area contributed by atoms with E-state index in [1.165, 1.54) is 44.9 Å². The molecule has 7 atom stereocenters. The van der Waals surface area contributed by atoms with Crippen LogP contribution in [0.2, 0.25) is 0 Å². The second-order valence-electron chi connectivity index (χ2n) is 9.70. The Labute approximate surface area is 147 Å². The van der Waals surface area contributed by atoms with Crippen molar-refractivity contribution in [2.45, 2.75) is 78.2 Å². The summed E-state index contributed by atoms with van der Waals surface area (Å²) in [7, 11) is 2.13. The fourth-order valence-corrected chi connectivity index (χ4v) is 7.67. The smallest absolute Gasteiger partial charge is 0.159 e. The van der Waals surface area contributed by atoms with E-state index >= 15 is 0 Å². The molecule has 2 nitrogen and oxygen atoms in total. The summed E-state index contributed by atoms with van der Waals surface area (Å²) in [5, 5.41) is 3.54. The molecular weight excluding hydrogens is 294 g/mol. The summed E-state index contributed by atoms with van der Waals surface area (Å²) < 4.78 is 0. The minimum absolute atomic E-state index is 0.179. The van der Waals surface area contributed by atoms with Gasteiger partial charge in [0.05, 0.1) is 0 Å². The fraction of sp³-hybridized carbons (Fsp3) is 0.864. The van der Waals surface area contributed by atoms with Crippen LogP contribution < -0.4 is 5.32 Å². The van der Waals surface area contributed by atoms with Crippen LogP contribution in [0.4, 0.5) is 0 Å². The molecule has 0 amide bonds. The number of nitrogens with one attached hydrogen (secondary N) is 1. The van der Waals surface area contributed by atoms with Crippen molar-refractivity contribution in [3.05, 3.63) is 11.6 Å². The maximum absolute atomic E-state index is 12.6. The summed E-state index contributed by atoms with van der Waals surface area (Å²) in [5.41, 5.74) is 1.87. The van der Waals surface area contributed by atoms with Crippen molar-refractivity contribution in [2.75, 3.05) is 7.05 Å². The molecule has 0 radical (unpaired) electrons. The van der Waals surface area contributed by atoms with Gasteiger partial charge in [0.2, 0.25) is 0 Å². The van der Waals surface area contributed by atoms with Gasteiger partial charge < -0.3 is 5.32 Å². The average Bonchev–Trinajstić information content (AvgIpc) is 2.83. The van der Waals surface area contributed by atoms with Gasteiger partial charge in [-0.25, -0.2) is 0 Å². The van der Waals surface area contributed by atoms with Crippen LogP contribution in [-0.4, -0.2) is 18.9 Å². The van der Waals surface area contributed by atoms with E-state index in [2.05, 4.69) is 39.2 Å². The second-order valence-corrected chi connectivity index (χ2v) is 9.70. The van der Waals surface area contributed by atoms with E-state index in [4.69, 9.17) is 0 Å². The van der Waals surface area contributed by atoms with Crippen LogP contribution in [0.5, 0.6) is 0 Å². The Morgan fingerprint density at radius 1 is 1.08 bits per heavy atom. The van der Waals surface area contributed by atoms with Crippen molar-refractivity contribution in [2.24, 2.45) is 34.5 Å². The van der Waals surface area contributed by atoms with Gasteiger partial charge in [0, 0.05) is 12.5 Å².